The van der Waals surface area contributed by atoms with Gasteiger partial charge in [0.15, 0.2) is 23.6 Å². The van der Waals surface area contributed by atoms with E-state index >= 15 is 0 Å². The van der Waals surface area contributed by atoms with Crippen molar-refractivity contribution in [1.29, 1.82) is 0 Å². The molecular weight excluding hydrogens is 352 g/mol. The summed E-state index contributed by atoms with van der Waals surface area (Å²) in [7, 11) is 0. The molecule has 0 aromatic heterocycles. The van der Waals surface area contributed by atoms with Gasteiger partial charge < -0.3 is 19.7 Å². The van der Waals surface area contributed by atoms with E-state index in [9.17, 15) is 24.6 Å². The van der Waals surface area contributed by atoms with E-state index in [0.29, 0.717) is 0 Å². The SMILES string of the molecule is C=C1C(=O)O[C@@H]2[C@@H]1[C@@H](O)C[C@H](C)[C@@](O)(C(=O)/C=C/C)[C@H]2OC(=O)C(C)=CC. The van der Waals surface area contributed by atoms with Crippen LogP contribution in [0.15, 0.2) is 36.0 Å². The fourth-order valence-electron chi connectivity index (χ4n) is 3.68. The second-order valence-electron chi connectivity index (χ2n) is 7.11. The van der Waals surface area contributed by atoms with E-state index in [0.717, 1.165) is 0 Å². The highest BCUT2D eigenvalue weighted by Crippen LogP contribution is 2.45. The van der Waals surface area contributed by atoms with Gasteiger partial charge in [-0.1, -0.05) is 25.7 Å². The first-order valence-electron chi connectivity index (χ1n) is 8.90. The first-order valence-corrected chi connectivity index (χ1v) is 8.90. The second kappa shape index (κ2) is 7.78. The standard InChI is InChI=1S/C20H26O7/c1-6-8-14(22)20(25)11(4)9-13(21)15-12(5)19(24)26-16(15)17(20)27-18(23)10(3)7-2/h6-8,11,13,15-17,21,25H,5,9H2,1-4H3/b8-6+,10-7?/t11-,13-,15-,16+,17-,20+/m0/s1. The van der Waals surface area contributed by atoms with Gasteiger partial charge in [-0.3, -0.25) is 4.79 Å². The molecule has 2 rings (SSSR count). The molecule has 0 spiro atoms. The molecule has 0 aromatic rings. The molecule has 0 bridgehead atoms. The molecule has 1 saturated heterocycles. The van der Waals surface area contributed by atoms with E-state index in [1.165, 1.54) is 25.2 Å². The lowest BCUT2D eigenvalue weighted by Gasteiger charge is -2.38. The smallest absolute Gasteiger partial charge is 0.334 e. The fraction of sp³-hybridized carbons (Fsp3) is 0.550. The van der Waals surface area contributed by atoms with Crippen LogP contribution in [0.4, 0.5) is 0 Å². The van der Waals surface area contributed by atoms with Gasteiger partial charge in [0.05, 0.1) is 12.0 Å². The van der Waals surface area contributed by atoms with Crippen LogP contribution in [0.5, 0.6) is 0 Å². The van der Waals surface area contributed by atoms with Gasteiger partial charge in [-0.25, -0.2) is 9.59 Å². The lowest BCUT2D eigenvalue weighted by molar-refractivity contribution is -0.192. The number of carbonyl (C=O) groups excluding carboxylic acids is 3. The summed E-state index contributed by atoms with van der Waals surface area (Å²) < 4.78 is 10.8. The third-order valence-corrected chi connectivity index (χ3v) is 5.46. The average molecular weight is 378 g/mol. The van der Waals surface area contributed by atoms with Crippen molar-refractivity contribution in [1.82, 2.24) is 0 Å². The summed E-state index contributed by atoms with van der Waals surface area (Å²) >= 11 is 0. The largest absolute Gasteiger partial charge is 0.454 e. The summed E-state index contributed by atoms with van der Waals surface area (Å²) in [4.78, 5) is 37.2. The molecule has 6 atom stereocenters. The molecule has 7 heteroatoms. The molecule has 2 fully saturated rings. The Morgan fingerprint density at radius 2 is 2.00 bits per heavy atom. The number of hydrogen-bond acceptors (Lipinski definition) is 7. The maximum Gasteiger partial charge on any atom is 0.334 e. The van der Waals surface area contributed by atoms with E-state index in [4.69, 9.17) is 9.47 Å². The minimum atomic E-state index is -2.17. The highest BCUT2D eigenvalue weighted by molar-refractivity contribution is 5.99. The molecule has 1 heterocycles. The van der Waals surface area contributed by atoms with E-state index < -0.39 is 53.5 Å². The Hall–Kier alpha value is -2.25. The van der Waals surface area contributed by atoms with Gasteiger partial charge in [0.2, 0.25) is 0 Å². The van der Waals surface area contributed by atoms with Crippen molar-refractivity contribution in [3.63, 3.8) is 0 Å². The van der Waals surface area contributed by atoms with Crippen LogP contribution in [0.25, 0.3) is 0 Å². The number of aliphatic hydroxyl groups excluding tert-OH is 1. The summed E-state index contributed by atoms with van der Waals surface area (Å²) in [6.07, 6.45) is 0.399. The van der Waals surface area contributed by atoms with E-state index in [1.807, 2.05) is 0 Å². The predicted molar refractivity (Wildman–Crippen MR) is 96.4 cm³/mol. The molecule has 27 heavy (non-hydrogen) atoms. The maximum atomic E-state index is 12.8. The summed E-state index contributed by atoms with van der Waals surface area (Å²) in [6, 6.07) is 0. The van der Waals surface area contributed by atoms with Crippen LogP contribution in [0, 0.1) is 11.8 Å². The topological polar surface area (TPSA) is 110 Å². The minimum Gasteiger partial charge on any atom is -0.454 e. The minimum absolute atomic E-state index is 0.00721. The van der Waals surface area contributed by atoms with Gasteiger partial charge >= 0.3 is 11.9 Å². The van der Waals surface area contributed by atoms with Crippen LogP contribution in [-0.4, -0.2) is 51.8 Å². The molecule has 2 aliphatic rings. The van der Waals surface area contributed by atoms with Crippen LogP contribution in [0.1, 0.15) is 34.1 Å². The van der Waals surface area contributed by atoms with Crippen LogP contribution in [-0.2, 0) is 23.9 Å². The average Bonchev–Trinajstić information content (AvgIpc) is 2.88. The van der Waals surface area contributed by atoms with Gasteiger partial charge in [0, 0.05) is 11.1 Å². The number of ketones is 1. The van der Waals surface area contributed by atoms with E-state index in [-0.39, 0.29) is 17.6 Å². The fourth-order valence-corrected chi connectivity index (χ4v) is 3.68. The number of hydrogen-bond donors (Lipinski definition) is 2. The second-order valence-corrected chi connectivity index (χ2v) is 7.11. The van der Waals surface area contributed by atoms with Gasteiger partial charge in [0.25, 0.3) is 0 Å². The van der Waals surface area contributed by atoms with E-state index in [1.54, 1.807) is 20.8 Å². The van der Waals surface area contributed by atoms with Crippen LogP contribution >= 0.6 is 0 Å². The Kier molecular flexibility index (Phi) is 6.07. The number of fused-ring (bicyclic) bond motifs is 1. The van der Waals surface area contributed by atoms with Crippen LogP contribution < -0.4 is 0 Å². The van der Waals surface area contributed by atoms with Crippen molar-refractivity contribution in [3.8, 4) is 0 Å². The van der Waals surface area contributed by atoms with Crippen molar-refractivity contribution in [3.05, 3.63) is 36.0 Å². The Morgan fingerprint density at radius 3 is 2.56 bits per heavy atom. The van der Waals surface area contributed by atoms with Crippen molar-refractivity contribution >= 4 is 17.7 Å². The zero-order valence-electron chi connectivity index (χ0n) is 16.0. The van der Waals surface area contributed by atoms with Gasteiger partial charge in [0.1, 0.15) is 0 Å². The third kappa shape index (κ3) is 3.49. The number of ether oxygens (including phenoxy) is 2. The lowest BCUT2D eigenvalue weighted by Crippen LogP contribution is -2.59. The Morgan fingerprint density at radius 1 is 1.37 bits per heavy atom. The summed E-state index contributed by atoms with van der Waals surface area (Å²) in [6.45, 7) is 10.0. The molecular formula is C20H26O7. The third-order valence-electron chi connectivity index (χ3n) is 5.46. The number of esters is 2. The normalized spacial score (nSPS) is 37.0. The van der Waals surface area contributed by atoms with E-state index in [2.05, 4.69) is 6.58 Å². The van der Waals surface area contributed by atoms with Gasteiger partial charge in [-0.05, 0) is 39.2 Å². The predicted octanol–water partition coefficient (Wildman–Crippen LogP) is 1.24. The molecule has 0 amide bonds. The first kappa shape index (κ1) is 21.1. The number of carbonyl (C=O) groups is 3. The zero-order chi connectivity index (χ0) is 20.5. The summed E-state index contributed by atoms with van der Waals surface area (Å²) in [5.41, 5.74) is -1.86. The number of allylic oxidation sites excluding steroid dienone is 2. The molecule has 0 radical (unpaired) electrons. The van der Waals surface area contributed by atoms with Crippen molar-refractivity contribution in [2.75, 3.05) is 0 Å². The van der Waals surface area contributed by atoms with Crippen molar-refractivity contribution < 1.29 is 34.1 Å². The Labute approximate surface area is 158 Å². The summed E-state index contributed by atoms with van der Waals surface area (Å²) in [5, 5.41) is 22.0. The molecule has 148 valence electrons. The van der Waals surface area contributed by atoms with Crippen LogP contribution in [0.3, 0.4) is 0 Å². The van der Waals surface area contributed by atoms with Gasteiger partial charge in [-0.2, -0.15) is 0 Å². The highest BCUT2D eigenvalue weighted by atomic mass is 16.6. The molecule has 1 aliphatic heterocycles. The maximum absolute atomic E-state index is 12.8. The van der Waals surface area contributed by atoms with Crippen LogP contribution in [0.2, 0.25) is 0 Å². The highest BCUT2D eigenvalue weighted by Gasteiger charge is 2.62. The van der Waals surface area contributed by atoms with Gasteiger partial charge in [-0.15, -0.1) is 0 Å². The molecule has 1 aliphatic carbocycles. The monoisotopic (exact) mass is 378 g/mol. The first-order chi connectivity index (χ1) is 12.6. The van der Waals surface area contributed by atoms with Crippen molar-refractivity contribution in [2.45, 2.75) is 58.0 Å². The molecule has 7 nitrogen and oxygen atoms in total. The zero-order valence-corrected chi connectivity index (χ0v) is 16.0. The molecule has 1 saturated carbocycles. The molecule has 0 aromatic carbocycles. The number of rotatable bonds is 4. The molecule has 0 unspecified atom stereocenters. The van der Waals surface area contributed by atoms with Crippen molar-refractivity contribution in [2.24, 2.45) is 11.8 Å². The number of aliphatic hydroxyl groups is 2. The Bertz CT molecular complexity index is 720. The lowest BCUT2D eigenvalue weighted by atomic mass is 9.78. The Balaban J connectivity index is 2.61. The summed E-state index contributed by atoms with van der Waals surface area (Å²) in [5.74, 6) is -3.82. The molecule has 2 N–H and O–H groups in total. The quantitative estimate of drug-likeness (QED) is 0.559.